The summed E-state index contributed by atoms with van der Waals surface area (Å²) in [5, 5.41) is 11.7. The van der Waals surface area contributed by atoms with E-state index < -0.39 is 19.0 Å². The number of carboxylic acids is 1. The summed E-state index contributed by atoms with van der Waals surface area (Å²) in [5.74, 6) is -1.19. The molecule has 1 saturated carbocycles. The molecule has 1 aliphatic rings. The minimum Gasteiger partial charge on any atom is -0.488 e. The number of hydrogen-bond donors (Lipinski definition) is 2. The van der Waals surface area contributed by atoms with Crippen molar-refractivity contribution in [3.8, 4) is 5.75 Å². The van der Waals surface area contributed by atoms with E-state index in [2.05, 4.69) is 5.32 Å². The third-order valence-corrected chi connectivity index (χ3v) is 3.95. The molecule has 1 amide bonds. The topological polar surface area (TPSA) is 75.6 Å². The molecule has 5 nitrogen and oxygen atoms in total. The Morgan fingerprint density at radius 3 is 2.22 bits per heavy atom. The summed E-state index contributed by atoms with van der Waals surface area (Å²) in [7, 11) is 0. The molecule has 0 unspecified atom stereocenters. The first-order chi connectivity index (χ1) is 11.0. The van der Waals surface area contributed by atoms with Crippen LogP contribution in [0.15, 0.2) is 24.3 Å². The predicted molar refractivity (Wildman–Crippen MR) is 79.7 cm³/mol. The van der Waals surface area contributed by atoms with Gasteiger partial charge in [0.2, 0.25) is 5.91 Å². The van der Waals surface area contributed by atoms with Gasteiger partial charge in [-0.1, -0.05) is 0 Å². The maximum absolute atomic E-state index is 12.2. The average Bonchev–Trinajstić information content (AvgIpc) is 2.54. The molecule has 126 valence electrons. The summed E-state index contributed by atoms with van der Waals surface area (Å²) in [6, 6.07) is 6.20. The van der Waals surface area contributed by atoms with Crippen LogP contribution in [0, 0.1) is 11.8 Å². The second kappa shape index (κ2) is 7.89. The second-order valence-electron chi connectivity index (χ2n) is 5.60. The van der Waals surface area contributed by atoms with E-state index in [1.54, 1.807) is 12.1 Å². The third kappa shape index (κ3) is 5.19. The van der Waals surface area contributed by atoms with Crippen molar-refractivity contribution in [1.29, 1.82) is 0 Å². The van der Waals surface area contributed by atoms with Gasteiger partial charge in [0, 0.05) is 11.6 Å². The monoisotopic (exact) mass is 327 g/mol. The Kier molecular flexibility index (Phi) is 5.90. The van der Waals surface area contributed by atoms with Crippen LogP contribution < -0.4 is 10.1 Å². The van der Waals surface area contributed by atoms with Gasteiger partial charge in [0.1, 0.15) is 12.4 Å². The summed E-state index contributed by atoms with van der Waals surface area (Å²) in [4.78, 5) is 23.0. The number of aliphatic carboxylic acids is 1. The van der Waals surface area contributed by atoms with Crippen molar-refractivity contribution < 1.29 is 28.2 Å². The van der Waals surface area contributed by atoms with E-state index >= 15 is 0 Å². The summed E-state index contributed by atoms with van der Waals surface area (Å²) < 4.78 is 28.9. The Hall–Kier alpha value is -2.18. The molecular formula is C16H19F2NO4. The molecule has 0 saturated heterocycles. The number of carbonyl (C=O) groups excluding carboxylic acids is 1. The lowest BCUT2D eigenvalue weighted by Crippen LogP contribution is -2.29. The van der Waals surface area contributed by atoms with Gasteiger partial charge in [0.25, 0.3) is 6.43 Å². The molecule has 0 aromatic heterocycles. The number of nitrogens with one attached hydrogen (secondary N) is 1. The molecule has 7 heteroatoms. The number of benzene rings is 1. The van der Waals surface area contributed by atoms with Gasteiger partial charge < -0.3 is 15.2 Å². The number of halogens is 2. The number of anilines is 1. The third-order valence-electron chi connectivity index (χ3n) is 3.95. The normalized spacial score (nSPS) is 21.0. The van der Waals surface area contributed by atoms with Crippen LogP contribution in [0.3, 0.4) is 0 Å². The van der Waals surface area contributed by atoms with E-state index in [4.69, 9.17) is 9.84 Å². The molecule has 0 heterocycles. The van der Waals surface area contributed by atoms with Crippen LogP contribution in [0.2, 0.25) is 0 Å². The fraction of sp³-hybridized carbons (Fsp3) is 0.500. The minimum atomic E-state index is -2.53. The van der Waals surface area contributed by atoms with Gasteiger partial charge in [-0.2, -0.15) is 0 Å². The van der Waals surface area contributed by atoms with E-state index in [9.17, 15) is 18.4 Å². The lowest BCUT2D eigenvalue weighted by atomic mass is 9.81. The van der Waals surface area contributed by atoms with Gasteiger partial charge in [0.05, 0.1) is 5.92 Å². The summed E-state index contributed by atoms with van der Waals surface area (Å²) >= 11 is 0. The standard InChI is InChI=1S/C16H19F2NO4/c17-14(18)9-23-13-7-5-12(6-8-13)19-15(20)10-1-3-11(4-2-10)16(21)22/h5-8,10-11,14H,1-4,9H2,(H,19,20)(H,21,22). The van der Waals surface area contributed by atoms with E-state index in [1.807, 2.05) is 0 Å². The van der Waals surface area contributed by atoms with Crippen molar-refractivity contribution in [2.75, 3.05) is 11.9 Å². The molecule has 1 aliphatic carbocycles. The average molecular weight is 327 g/mol. The summed E-state index contributed by atoms with van der Waals surface area (Å²) in [6.45, 7) is -0.668. The highest BCUT2D eigenvalue weighted by Gasteiger charge is 2.29. The van der Waals surface area contributed by atoms with E-state index in [0.717, 1.165) is 0 Å². The smallest absolute Gasteiger partial charge is 0.306 e. The SMILES string of the molecule is O=C(O)C1CCC(C(=O)Nc2ccc(OCC(F)F)cc2)CC1. The molecule has 1 aromatic rings. The first kappa shape index (κ1) is 17.2. The highest BCUT2D eigenvalue weighted by molar-refractivity contribution is 5.92. The van der Waals surface area contributed by atoms with Crippen molar-refractivity contribution in [1.82, 2.24) is 0 Å². The van der Waals surface area contributed by atoms with Crippen molar-refractivity contribution in [3.63, 3.8) is 0 Å². The van der Waals surface area contributed by atoms with Crippen LogP contribution in [-0.2, 0) is 9.59 Å². The maximum Gasteiger partial charge on any atom is 0.306 e. The molecule has 1 fully saturated rings. The van der Waals surface area contributed by atoms with E-state index in [0.29, 0.717) is 37.1 Å². The first-order valence-electron chi connectivity index (χ1n) is 7.50. The molecule has 0 aliphatic heterocycles. The zero-order chi connectivity index (χ0) is 16.8. The van der Waals surface area contributed by atoms with Crippen molar-refractivity contribution in [2.24, 2.45) is 11.8 Å². The highest BCUT2D eigenvalue weighted by Crippen LogP contribution is 2.30. The van der Waals surface area contributed by atoms with Gasteiger partial charge in [-0.3, -0.25) is 9.59 Å². The number of ether oxygens (including phenoxy) is 1. The van der Waals surface area contributed by atoms with Crippen molar-refractivity contribution >= 4 is 17.6 Å². The van der Waals surface area contributed by atoms with Gasteiger partial charge >= 0.3 is 5.97 Å². The van der Waals surface area contributed by atoms with Crippen LogP contribution in [0.1, 0.15) is 25.7 Å². The largest absolute Gasteiger partial charge is 0.488 e. The maximum atomic E-state index is 12.2. The number of alkyl halides is 2. The zero-order valence-corrected chi connectivity index (χ0v) is 12.5. The van der Waals surface area contributed by atoms with E-state index in [-0.39, 0.29) is 17.7 Å². The Bertz CT molecular complexity index is 540. The number of amides is 1. The first-order valence-corrected chi connectivity index (χ1v) is 7.50. The number of hydrogen-bond acceptors (Lipinski definition) is 3. The van der Waals surface area contributed by atoms with Crippen LogP contribution in [0.5, 0.6) is 5.75 Å². The molecule has 1 aromatic carbocycles. The van der Waals surface area contributed by atoms with Gasteiger partial charge in [-0.05, 0) is 49.9 Å². The molecule has 2 N–H and O–H groups in total. The second-order valence-corrected chi connectivity index (χ2v) is 5.60. The van der Waals surface area contributed by atoms with Crippen LogP contribution in [0.4, 0.5) is 14.5 Å². The Balaban J connectivity index is 1.82. The van der Waals surface area contributed by atoms with E-state index in [1.165, 1.54) is 12.1 Å². The molecule has 0 spiro atoms. The molecule has 0 bridgehead atoms. The van der Waals surface area contributed by atoms with Crippen LogP contribution >= 0.6 is 0 Å². The fourth-order valence-electron chi connectivity index (χ4n) is 2.64. The lowest BCUT2D eigenvalue weighted by Gasteiger charge is -2.25. The quantitative estimate of drug-likeness (QED) is 0.841. The molecule has 2 rings (SSSR count). The molecule has 0 atom stereocenters. The number of carboxylic acid groups (broad SMARTS) is 1. The zero-order valence-electron chi connectivity index (χ0n) is 12.5. The molecular weight excluding hydrogens is 308 g/mol. The summed E-state index contributed by atoms with van der Waals surface area (Å²) in [6.07, 6.45) is -0.409. The van der Waals surface area contributed by atoms with Crippen LogP contribution in [0.25, 0.3) is 0 Å². The number of rotatable bonds is 6. The Morgan fingerprint density at radius 2 is 1.70 bits per heavy atom. The Morgan fingerprint density at radius 1 is 1.13 bits per heavy atom. The van der Waals surface area contributed by atoms with Crippen molar-refractivity contribution in [2.45, 2.75) is 32.1 Å². The highest BCUT2D eigenvalue weighted by atomic mass is 19.3. The predicted octanol–water partition coefficient (Wildman–Crippen LogP) is 3.16. The molecule has 23 heavy (non-hydrogen) atoms. The van der Waals surface area contributed by atoms with Gasteiger partial charge in [0.15, 0.2) is 0 Å². The van der Waals surface area contributed by atoms with Crippen molar-refractivity contribution in [3.05, 3.63) is 24.3 Å². The Labute approximate surface area is 132 Å². The number of carbonyl (C=O) groups is 2. The minimum absolute atomic E-state index is 0.143. The fourth-order valence-corrected chi connectivity index (χ4v) is 2.64. The molecule has 0 radical (unpaired) electrons. The van der Waals surface area contributed by atoms with Gasteiger partial charge in [-0.15, -0.1) is 0 Å². The summed E-state index contributed by atoms with van der Waals surface area (Å²) in [5.41, 5.74) is 0.555. The lowest BCUT2D eigenvalue weighted by molar-refractivity contribution is -0.143. The van der Waals surface area contributed by atoms with Crippen LogP contribution in [-0.4, -0.2) is 30.0 Å². The van der Waals surface area contributed by atoms with Gasteiger partial charge in [-0.25, -0.2) is 8.78 Å².